The molecule has 0 spiro atoms. The van der Waals surface area contributed by atoms with E-state index in [0.717, 1.165) is 22.9 Å². The molecular formula is C19H27NO. The molecule has 2 heteroatoms. The summed E-state index contributed by atoms with van der Waals surface area (Å²) < 4.78 is 0. The zero-order valence-corrected chi connectivity index (χ0v) is 13.2. The van der Waals surface area contributed by atoms with Crippen LogP contribution >= 0.6 is 0 Å². The predicted octanol–water partition coefficient (Wildman–Crippen LogP) is 5.88. The molecule has 1 aromatic carbocycles. The number of unbranched alkanes of at least 4 members (excludes halogenated alkanes) is 7. The van der Waals surface area contributed by atoms with Gasteiger partial charge < -0.3 is 4.98 Å². The first kappa shape index (κ1) is 15.8. The Morgan fingerprint density at radius 1 is 0.952 bits per heavy atom. The number of ketones is 1. The Kier molecular flexibility index (Phi) is 6.52. The van der Waals surface area contributed by atoms with Crippen molar-refractivity contribution in [2.75, 3.05) is 0 Å². The maximum absolute atomic E-state index is 12.3. The van der Waals surface area contributed by atoms with Crippen molar-refractivity contribution in [1.29, 1.82) is 0 Å². The number of benzene rings is 1. The van der Waals surface area contributed by atoms with E-state index < -0.39 is 0 Å². The number of aromatic nitrogens is 1. The normalized spacial score (nSPS) is 11.1. The molecule has 0 fully saturated rings. The second kappa shape index (κ2) is 8.66. The van der Waals surface area contributed by atoms with Gasteiger partial charge in [-0.1, -0.05) is 70.1 Å². The average molecular weight is 285 g/mol. The molecule has 0 radical (unpaired) electrons. The molecule has 2 nitrogen and oxygen atoms in total. The molecule has 1 N–H and O–H groups in total. The Bertz CT molecular complexity index is 555. The number of aromatic amines is 1. The third-order valence-electron chi connectivity index (χ3n) is 4.15. The number of para-hydroxylation sites is 1. The van der Waals surface area contributed by atoms with Gasteiger partial charge in [-0.25, -0.2) is 0 Å². The molecule has 21 heavy (non-hydrogen) atoms. The van der Waals surface area contributed by atoms with Gasteiger partial charge in [-0.05, 0) is 12.5 Å². The summed E-state index contributed by atoms with van der Waals surface area (Å²) >= 11 is 0. The van der Waals surface area contributed by atoms with Gasteiger partial charge in [0.1, 0.15) is 0 Å². The molecule has 0 saturated carbocycles. The number of carbonyl (C=O) groups excluding carboxylic acids is 1. The Morgan fingerprint density at radius 3 is 2.38 bits per heavy atom. The van der Waals surface area contributed by atoms with E-state index in [4.69, 9.17) is 0 Å². The fraction of sp³-hybridized carbons (Fsp3) is 0.526. The summed E-state index contributed by atoms with van der Waals surface area (Å²) in [4.78, 5) is 15.5. The van der Waals surface area contributed by atoms with E-state index in [0.29, 0.717) is 6.42 Å². The number of nitrogens with one attached hydrogen (secondary N) is 1. The molecule has 0 bridgehead atoms. The summed E-state index contributed by atoms with van der Waals surface area (Å²) in [6.07, 6.45) is 12.7. The van der Waals surface area contributed by atoms with E-state index >= 15 is 0 Å². The van der Waals surface area contributed by atoms with Gasteiger partial charge in [-0.2, -0.15) is 0 Å². The van der Waals surface area contributed by atoms with Crippen LogP contribution in [0.3, 0.4) is 0 Å². The summed E-state index contributed by atoms with van der Waals surface area (Å²) in [6, 6.07) is 8.02. The first-order valence-electron chi connectivity index (χ1n) is 8.42. The van der Waals surface area contributed by atoms with Gasteiger partial charge in [0, 0.05) is 29.1 Å². The van der Waals surface area contributed by atoms with Crippen LogP contribution in [0.1, 0.15) is 75.1 Å². The quantitative estimate of drug-likeness (QED) is 0.429. The summed E-state index contributed by atoms with van der Waals surface area (Å²) in [5, 5.41) is 1.06. The lowest BCUT2D eigenvalue weighted by Gasteiger charge is -2.02. The minimum absolute atomic E-state index is 0.276. The second-order valence-corrected chi connectivity index (χ2v) is 5.90. The first-order valence-corrected chi connectivity index (χ1v) is 8.42. The number of hydrogen-bond donors (Lipinski definition) is 1. The highest BCUT2D eigenvalue weighted by molar-refractivity contribution is 6.07. The van der Waals surface area contributed by atoms with Gasteiger partial charge in [0.25, 0.3) is 0 Å². The van der Waals surface area contributed by atoms with Crippen LogP contribution in [0, 0.1) is 0 Å². The summed E-state index contributed by atoms with van der Waals surface area (Å²) in [6.45, 7) is 2.25. The van der Waals surface area contributed by atoms with Gasteiger partial charge in [0.05, 0.1) is 0 Å². The van der Waals surface area contributed by atoms with Crippen LogP contribution in [0.2, 0.25) is 0 Å². The molecular weight excluding hydrogens is 258 g/mol. The number of hydrogen-bond acceptors (Lipinski definition) is 1. The maximum atomic E-state index is 12.3. The largest absolute Gasteiger partial charge is 0.360 e. The van der Waals surface area contributed by atoms with Gasteiger partial charge in [0.15, 0.2) is 5.78 Å². The van der Waals surface area contributed by atoms with Crippen molar-refractivity contribution in [3.63, 3.8) is 0 Å². The number of rotatable bonds is 10. The average Bonchev–Trinajstić information content (AvgIpc) is 2.94. The molecule has 0 unspecified atom stereocenters. The molecule has 114 valence electrons. The number of fused-ring (bicyclic) bond motifs is 1. The van der Waals surface area contributed by atoms with Gasteiger partial charge in [0.2, 0.25) is 0 Å². The Balaban J connectivity index is 1.68. The van der Waals surface area contributed by atoms with Crippen LogP contribution < -0.4 is 0 Å². The molecule has 0 aliphatic heterocycles. The number of H-pyrrole nitrogens is 1. The van der Waals surface area contributed by atoms with Crippen LogP contribution in [-0.4, -0.2) is 10.8 Å². The third-order valence-corrected chi connectivity index (χ3v) is 4.15. The lowest BCUT2D eigenvalue weighted by Crippen LogP contribution is -1.97. The lowest BCUT2D eigenvalue weighted by atomic mass is 10.0. The van der Waals surface area contributed by atoms with Crippen LogP contribution in [0.25, 0.3) is 10.9 Å². The van der Waals surface area contributed by atoms with Crippen LogP contribution in [0.4, 0.5) is 0 Å². The highest BCUT2D eigenvalue weighted by Crippen LogP contribution is 2.20. The Hall–Kier alpha value is -1.57. The zero-order valence-electron chi connectivity index (χ0n) is 13.2. The summed E-state index contributed by atoms with van der Waals surface area (Å²) in [7, 11) is 0. The van der Waals surface area contributed by atoms with Crippen molar-refractivity contribution in [1.82, 2.24) is 4.98 Å². The number of carbonyl (C=O) groups is 1. The highest BCUT2D eigenvalue weighted by Gasteiger charge is 2.10. The van der Waals surface area contributed by atoms with Crippen molar-refractivity contribution in [2.45, 2.75) is 64.7 Å². The van der Waals surface area contributed by atoms with Crippen LogP contribution in [0.5, 0.6) is 0 Å². The molecule has 1 heterocycles. The van der Waals surface area contributed by atoms with Gasteiger partial charge in [-0.3, -0.25) is 4.79 Å². The van der Waals surface area contributed by atoms with E-state index in [1.165, 1.54) is 44.9 Å². The number of Topliss-reactive ketones (excluding diaryl/α,β-unsaturated/α-hetero) is 1. The monoisotopic (exact) mass is 285 g/mol. The van der Waals surface area contributed by atoms with E-state index in [2.05, 4.69) is 11.9 Å². The highest BCUT2D eigenvalue weighted by atomic mass is 16.1. The Labute approximate surface area is 127 Å². The van der Waals surface area contributed by atoms with Gasteiger partial charge in [-0.15, -0.1) is 0 Å². The molecule has 0 aliphatic carbocycles. The maximum Gasteiger partial charge on any atom is 0.165 e. The molecule has 0 amide bonds. The third kappa shape index (κ3) is 4.73. The minimum Gasteiger partial charge on any atom is -0.360 e. The van der Waals surface area contributed by atoms with Gasteiger partial charge >= 0.3 is 0 Å². The summed E-state index contributed by atoms with van der Waals surface area (Å²) in [5.74, 6) is 0.276. The second-order valence-electron chi connectivity index (χ2n) is 5.90. The fourth-order valence-corrected chi connectivity index (χ4v) is 2.86. The first-order chi connectivity index (χ1) is 10.3. The lowest BCUT2D eigenvalue weighted by molar-refractivity contribution is 0.0980. The van der Waals surface area contributed by atoms with Crippen molar-refractivity contribution in [3.05, 3.63) is 36.0 Å². The van der Waals surface area contributed by atoms with Crippen LogP contribution in [-0.2, 0) is 0 Å². The SMILES string of the molecule is CCCCCCCCCCC(=O)c1c[nH]c2ccccc12. The van der Waals surface area contributed by atoms with E-state index in [-0.39, 0.29) is 5.78 Å². The predicted molar refractivity (Wildman–Crippen MR) is 89.9 cm³/mol. The van der Waals surface area contributed by atoms with Crippen LogP contribution in [0.15, 0.2) is 30.5 Å². The molecule has 2 rings (SSSR count). The Morgan fingerprint density at radius 2 is 1.62 bits per heavy atom. The van der Waals surface area contributed by atoms with E-state index in [9.17, 15) is 4.79 Å². The minimum atomic E-state index is 0.276. The topological polar surface area (TPSA) is 32.9 Å². The van der Waals surface area contributed by atoms with E-state index in [1.807, 2.05) is 30.5 Å². The van der Waals surface area contributed by atoms with E-state index in [1.54, 1.807) is 0 Å². The van der Waals surface area contributed by atoms with Crippen molar-refractivity contribution >= 4 is 16.7 Å². The summed E-state index contributed by atoms with van der Waals surface area (Å²) in [5.41, 5.74) is 1.91. The fourth-order valence-electron chi connectivity index (χ4n) is 2.86. The zero-order chi connectivity index (χ0) is 14.9. The molecule has 2 aromatic rings. The van der Waals surface area contributed by atoms with Crippen molar-refractivity contribution in [3.8, 4) is 0 Å². The smallest absolute Gasteiger partial charge is 0.165 e. The molecule has 1 aromatic heterocycles. The molecule has 0 saturated heterocycles. The molecule has 0 aliphatic rings. The van der Waals surface area contributed by atoms with Crippen molar-refractivity contribution < 1.29 is 4.79 Å². The van der Waals surface area contributed by atoms with Crippen molar-refractivity contribution in [2.24, 2.45) is 0 Å². The standard InChI is InChI=1S/C19H27NO/c1-2-3-4-5-6-7-8-9-14-19(21)17-15-20-18-13-11-10-12-16(17)18/h10-13,15,20H,2-9,14H2,1H3. The molecule has 0 atom stereocenters.